The molecule has 2 N–H and O–H groups in total. The van der Waals surface area contributed by atoms with Crippen LogP contribution >= 0.6 is 0 Å². The normalized spacial score (nSPS) is 32.2. The zero-order chi connectivity index (χ0) is 11.5. The molecule has 0 aromatic heterocycles. The van der Waals surface area contributed by atoms with Crippen molar-refractivity contribution in [2.45, 2.75) is 52.2 Å². The van der Waals surface area contributed by atoms with Gasteiger partial charge in [-0.3, -0.25) is 0 Å². The Bertz CT molecular complexity index is 200. The zero-order valence-corrected chi connectivity index (χ0v) is 10.5. The minimum atomic E-state index is -0.0571. The topological polar surface area (TPSA) is 44.5 Å². The molecule has 1 rings (SSSR count). The van der Waals surface area contributed by atoms with Crippen molar-refractivity contribution in [2.75, 3.05) is 19.8 Å². The van der Waals surface area contributed by atoms with E-state index >= 15 is 0 Å². The van der Waals surface area contributed by atoms with Gasteiger partial charge in [-0.2, -0.15) is 0 Å². The summed E-state index contributed by atoms with van der Waals surface area (Å²) in [5.74, 6) is 0. The maximum absolute atomic E-state index is 5.87. The van der Waals surface area contributed by atoms with E-state index in [4.69, 9.17) is 15.2 Å². The van der Waals surface area contributed by atoms with Crippen molar-refractivity contribution in [3.63, 3.8) is 0 Å². The first-order chi connectivity index (χ1) is 6.90. The fourth-order valence-electron chi connectivity index (χ4n) is 2.08. The van der Waals surface area contributed by atoms with Gasteiger partial charge in [0, 0.05) is 25.2 Å². The van der Waals surface area contributed by atoms with Crippen molar-refractivity contribution in [1.29, 1.82) is 0 Å². The number of hydrogen-bond donors (Lipinski definition) is 1. The van der Waals surface area contributed by atoms with Crippen LogP contribution in [0.3, 0.4) is 0 Å². The average Bonchev–Trinajstić information content (AvgIpc) is 2.46. The van der Waals surface area contributed by atoms with Gasteiger partial charge in [0.25, 0.3) is 0 Å². The highest BCUT2D eigenvalue weighted by Crippen LogP contribution is 2.37. The molecule has 0 spiro atoms. The third kappa shape index (κ3) is 3.44. The third-order valence-corrected chi connectivity index (χ3v) is 3.37. The Morgan fingerprint density at radius 2 is 2.13 bits per heavy atom. The van der Waals surface area contributed by atoms with Crippen LogP contribution in [0.1, 0.15) is 40.5 Å². The molecule has 0 aliphatic carbocycles. The molecule has 15 heavy (non-hydrogen) atoms. The summed E-state index contributed by atoms with van der Waals surface area (Å²) < 4.78 is 11.4. The molecular weight excluding hydrogens is 190 g/mol. The second kappa shape index (κ2) is 4.81. The maximum atomic E-state index is 5.87. The first kappa shape index (κ1) is 12.9. The molecule has 3 heteroatoms. The molecule has 90 valence electrons. The molecule has 0 bridgehead atoms. The van der Waals surface area contributed by atoms with Gasteiger partial charge in [0.2, 0.25) is 0 Å². The van der Waals surface area contributed by atoms with Gasteiger partial charge in [0.15, 0.2) is 0 Å². The van der Waals surface area contributed by atoms with Crippen molar-refractivity contribution in [2.24, 2.45) is 11.1 Å². The van der Waals surface area contributed by atoms with E-state index in [0.29, 0.717) is 6.54 Å². The highest BCUT2D eigenvalue weighted by Gasteiger charge is 2.40. The molecule has 1 heterocycles. The van der Waals surface area contributed by atoms with Crippen LogP contribution in [-0.2, 0) is 9.47 Å². The minimum Gasteiger partial charge on any atom is -0.378 e. The first-order valence-corrected chi connectivity index (χ1v) is 5.85. The molecule has 1 aliphatic rings. The molecular formula is C12H25NO2. The molecule has 0 aromatic carbocycles. The van der Waals surface area contributed by atoms with Crippen LogP contribution in [0, 0.1) is 5.41 Å². The molecule has 0 saturated carbocycles. The van der Waals surface area contributed by atoms with E-state index in [1.165, 1.54) is 0 Å². The van der Waals surface area contributed by atoms with E-state index in [0.717, 1.165) is 26.1 Å². The Morgan fingerprint density at radius 3 is 2.53 bits per heavy atom. The van der Waals surface area contributed by atoms with E-state index in [2.05, 4.69) is 27.7 Å². The Morgan fingerprint density at radius 1 is 1.47 bits per heavy atom. The Kier molecular flexibility index (Phi) is 4.15. The average molecular weight is 215 g/mol. The summed E-state index contributed by atoms with van der Waals surface area (Å²) in [6.07, 6.45) is 2.34. The summed E-state index contributed by atoms with van der Waals surface area (Å²) in [7, 11) is 0. The molecule has 0 amide bonds. The van der Waals surface area contributed by atoms with Gasteiger partial charge >= 0.3 is 0 Å². The van der Waals surface area contributed by atoms with Gasteiger partial charge < -0.3 is 15.2 Å². The molecule has 0 aromatic rings. The van der Waals surface area contributed by atoms with Gasteiger partial charge in [-0.1, -0.05) is 0 Å². The minimum absolute atomic E-state index is 0.0571. The lowest BCUT2D eigenvalue weighted by atomic mass is 9.79. The van der Waals surface area contributed by atoms with Crippen molar-refractivity contribution in [3.8, 4) is 0 Å². The van der Waals surface area contributed by atoms with Crippen LogP contribution in [0.4, 0.5) is 0 Å². The largest absolute Gasteiger partial charge is 0.378 e. The van der Waals surface area contributed by atoms with E-state index in [9.17, 15) is 0 Å². The lowest BCUT2D eigenvalue weighted by molar-refractivity contribution is -0.0282. The molecule has 0 radical (unpaired) electrons. The van der Waals surface area contributed by atoms with Gasteiger partial charge in [0.05, 0.1) is 11.7 Å². The SMILES string of the molecule is CC1OCCC1(CN)CCOC(C)(C)C. The Labute approximate surface area is 93.3 Å². The van der Waals surface area contributed by atoms with E-state index in [1.807, 2.05) is 0 Å². The molecule has 1 saturated heterocycles. The quantitative estimate of drug-likeness (QED) is 0.779. The number of ether oxygens (including phenoxy) is 2. The maximum Gasteiger partial charge on any atom is 0.0616 e. The van der Waals surface area contributed by atoms with Gasteiger partial charge in [-0.15, -0.1) is 0 Å². The van der Waals surface area contributed by atoms with Crippen LogP contribution in [-0.4, -0.2) is 31.5 Å². The van der Waals surface area contributed by atoms with Crippen molar-refractivity contribution in [1.82, 2.24) is 0 Å². The lowest BCUT2D eigenvalue weighted by Gasteiger charge is -2.32. The number of rotatable bonds is 4. The second-order valence-corrected chi connectivity index (χ2v) is 5.54. The van der Waals surface area contributed by atoms with E-state index in [-0.39, 0.29) is 17.1 Å². The van der Waals surface area contributed by atoms with Crippen LogP contribution in [0.25, 0.3) is 0 Å². The van der Waals surface area contributed by atoms with E-state index in [1.54, 1.807) is 0 Å². The second-order valence-electron chi connectivity index (χ2n) is 5.54. The predicted molar refractivity (Wildman–Crippen MR) is 61.8 cm³/mol. The van der Waals surface area contributed by atoms with Gasteiger partial charge in [-0.05, 0) is 40.5 Å². The highest BCUT2D eigenvalue weighted by atomic mass is 16.5. The molecule has 1 aliphatic heterocycles. The molecule has 2 unspecified atom stereocenters. The van der Waals surface area contributed by atoms with Gasteiger partial charge in [0.1, 0.15) is 0 Å². The van der Waals surface area contributed by atoms with Crippen molar-refractivity contribution in [3.05, 3.63) is 0 Å². The standard InChI is InChI=1S/C12H25NO2/c1-10-12(9-13,5-7-14-10)6-8-15-11(2,3)4/h10H,5-9,13H2,1-4H3. The summed E-state index contributed by atoms with van der Waals surface area (Å²) in [6.45, 7) is 10.7. The number of nitrogens with two attached hydrogens (primary N) is 1. The third-order valence-electron chi connectivity index (χ3n) is 3.37. The highest BCUT2D eigenvalue weighted by molar-refractivity contribution is 4.90. The lowest BCUT2D eigenvalue weighted by Crippen LogP contribution is -2.38. The van der Waals surface area contributed by atoms with Crippen molar-refractivity contribution >= 4 is 0 Å². The van der Waals surface area contributed by atoms with Crippen LogP contribution in [0.2, 0.25) is 0 Å². The monoisotopic (exact) mass is 215 g/mol. The molecule has 2 atom stereocenters. The zero-order valence-electron chi connectivity index (χ0n) is 10.5. The fraction of sp³-hybridized carbons (Fsp3) is 1.00. The Balaban J connectivity index is 2.41. The smallest absolute Gasteiger partial charge is 0.0616 e. The van der Waals surface area contributed by atoms with Crippen LogP contribution < -0.4 is 5.73 Å². The summed E-state index contributed by atoms with van der Waals surface area (Å²) >= 11 is 0. The van der Waals surface area contributed by atoms with Crippen LogP contribution in [0.15, 0.2) is 0 Å². The summed E-state index contributed by atoms with van der Waals surface area (Å²) in [4.78, 5) is 0. The summed E-state index contributed by atoms with van der Waals surface area (Å²) in [5, 5.41) is 0. The number of hydrogen-bond acceptors (Lipinski definition) is 3. The molecule has 1 fully saturated rings. The fourth-order valence-corrected chi connectivity index (χ4v) is 2.08. The molecule has 3 nitrogen and oxygen atoms in total. The van der Waals surface area contributed by atoms with Crippen LogP contribution in [0.5, 0.6) is 0 Å². The van der Waals surface area contributed by atoms with E-state index < -0.39 is 0 Å². The Hall–Kier alpha value is -0.120. The van der Waals surface area contributed by atoms with Crippen molar-refractivity contribution < 1.29 is 9.47 Å². The first-order valence-electron chi connectivity index (χ1n) is 5.85. The summed E-state index contributed by atoms with van der Waals surface area (Å²) in [6, 6.07) is 0. The predicted octanol–water partition coefficient (Wildman–Crippen LogP) is 1.95. The van der Waals surface area contributed by atoms with Gasteiger partial charge in [-0.25, -0.2) is 0 Å². The summed E-state index contributed by atoms with van der Waals surface area (Å²) in [5.41, 5.74) is 5.96.